The van der Waals surface area contributed by atoms with E-state index in [-0.39, 0.29) is 23.9 Å². The molecule has 2 saturated heterocycles. The summed E-state index contributed by atoms with van der Waals surface area (Å²) in [5, 5.41) is 0. The van der Waals surface area contributed by atoms with E-state index in [9.17, 15) is 9.18 Å². The molecule has 2 atom stereocenters. The van der Waals surface area contributed by atoms with Gasteiger partial charge in [0.25, 0.3) is 11.7 Å². The second-order valence-electron chi connectivity index (χ2n) is 9.16. The number of para-hydroxylation sites is 2. The van der Waals surface area contributed by atoms with Crippen molar-refractivity contribution in [2.75, 3.05) is 42.6 Å². The lowest BCUT2D eigenvalue weighted by atomic mass is 9.95. The second-order valence-corrected chi connectivity index (χ2v) is 9.16. The molecule has 7 heteroatoms. The molecule has 1 saturated carbocycles. The zero-order valence-electron chi connectivity index (χ0n) is 18.1. The quantitative estimate of drug-likeness (QED) is 0.736. The normalized spacial score (nSPS) is 30.1. The Morgan fingerprint density at radius 3 is 2.19 bits per heavy atom. The van der Waals surface area contributed by atoms with E-state index in [0.717, 1.165) is 50.0 Å². The predicted molar refractivity (Wildman–Crippen MR) is 119 cm³/mol. The van der Waals surface area contributed by atoms with Crippen molar-refractivity contribution in [1.82, 2.24) is 4.90 Å². The number of anilines is 2. The van der Waals surface area contributed by atoms with E-state index in [0.29, 0.717) is 25.4 Å². The van der Waals surface area contributed by atoms with Crippen LogP contribution in [0.25, 0.3) is 0 Å². The van der Waals surface area contributed by atoms with Crippen molar-refractivity contribution < 1.29 is 18.7 Å². The van der Waals surface area contributed by atoms with E-state index in [4.69, 9.17) is 9.47 Å². The fourth-order valence-corrected chi connectivity index (χ4v) is 5.58. The third-order valence-electron chi connectivity index (χ3n) is 7.26. The minimum Gasteiger partial charge on any atom is -0.367 e. The Morgan fingerprint density at radius 1 is 0.875 bits per heavy atom. The van der Waals surface area contributed by atoms with Crippen LogP contribution in [0.5, 0.6) is 0 Å². The molecule has 1 spiro atoms. The lowest BCUT2D eigenvalue weighted by Gasteiger charge is -2.38. The molecule has 3 aliphatic heterocycles. The van der Waals surface area contributed by atoms with Gasteiger partial charge in [-0.25, -0.2) is 4.39 Å². The summed E-state index contributed by atoms with van der Waals surface area (Å²) in [6.07, 6.45) is 4.11. The number of hydrogen-bond donors (Lipinski definition) is 0. The van der Waals surface area contributed by atoms with E-state index in [2.05, 4.69) is 9.80 Å². The molecule has 1 aliphatic carbocycles. The molecule has 168 valence electrons. The van der Waals surface area contributed by atoms with E-state index in [1.165, 1.54) is 6.07 Å². The molecular formula is C25H28FN3O3. The van der Waals surface area contributed by atoms with Crippen LogP contribution in [0.2, 0.25) is 0 Å². The lowest BCUT2D eigenvalue weighted by Crippen LogP contribution is -2.52. The number of hydrogen-bond acceptors (Lipinski definition) is 5. The van der Waals surface area contributed by atoms with Crippen LogP contribution in [0.15, 0.2) is 48.5 Å². The van der Waals surface area contributed by atoms with Gasteiger partial charge >= 0.3 is 0 Å². The smallest absolute Gasteiger partial charge is 0.293 e. The first kappa shape index (κ1) is 20.1. The molecule has 0 N–H and O–H groups in total. The Hall–Kier alpha value is -2.48. The van der Waals surface area contributed by atoms with Crippen LogP contribution in [-0.4, -0.2) is 55.9 Å². The zero-order chi connectivity index (χ0) is 21.7. The van der Waals surface area contributed by atoms with E-state index < -0.39 is 5.79 Å². The summed E-state index contributed by atoms with van der Waals surface area (Å²) in [4.78, 5) is 19.8. The maximum Gasteiger partial charge on any atom is 0.293 e. The molecule has 3 fully saturated rings. The van der Waals surface area contributed by atoms with Crippen LogP contribution in [-0.2, 0) is 20.1 Å². The van der Waals surface area contributed by atoms with E-state index in [1.54, 1.807) is 6.07 Å². The highest BCUT2D eigenvalue weighted by Crippen LogP contribution is 2.51. The van der Waals surface area contributed by atoms with Crippen molar-refractivity contribution in [1.29, 1.82) is 0 Å². The van der Waals surface area contributed by atoms with Crippen molar-refractivity contribution >= 4 is 17.3 Å². The highest BCUT2D eigenvalue weighted by molar-refractivity contribution is 6.06. The maximum absolute atomic E-state index is 14.2. The number of rotatable bonds is 3. The first-order chi connectivity index (χ1) is 15.7. The average molecular weight is 438 g/mol. The Labute approximate surface area is 187 Å². The van der Waals surface area contributed by atoms with Crippen LogP contribution < -0.4 is 9.80 Å². The molecule has 0 aromatic heterocycles. The first-order valence-corrected chi connectivity index (χ1v) is 11.6. The van der Waals surface area contributed by atoms with Crippen LogP contribution in [0.4, 0.5) is 15.8 Å². The molecule has 6 rings (SSSR count). The predicted octanol–water partition coefficient (Wildman–Crippen LogP) is 3.46. The summed E-state index contributed by atoms with van der Waals surface area (Å²) in [6.45, 7) is 3.41. The van der Waals surface area contributed by atoms with Crippen LogP contribution in [0.1, 0.15) is 31.2 Å². The van der Waals surface area contributed by atoms with Gasteiger partial charge in [0.15, 0.2) is 0 Å². The summed E-state index contributed by atoms with van der Waals surface area (Å²) in [6, 6.07) is 14.7. The Morgan fingerprint density at radius 2 is 1.50 bits per heavy atom. The van der Waals surface area contributed by atoms with Gasteiger partial charge in [-0.1, -0.05) is 43.2 Å². The molecular weight excluding hydrogens is 409 g/mol. The molecule has 2 aromatic carbocycles. The topological polar surface area (TPSA) is 45.3 Å². The number of amides is 1. The first-order valence-electron chi connectivity index (χ1n) is 11.6. The molecule has 4 aliphatic rings. The van der Waals surface area contributed by atoms with Crippen molar-refractivity contribution in [2.24, 2.45) is 0 Å². The number of carbonyl (C=O) groups excluding carboxylic acids is 1. The van der Waals surface area contributed by atoms with Gasteiger partial charge in [0, 0.05) is 31.7 Å². The van der Waals surface area contributed by atoms with E-state index >= 15 is 0 Å². The number of piperazine rings is 1. The fraction of sp³-hybridized carbons (Fsp3) is 0.480. The van der Waals surface area contributed by atoms with Crippen LogP contribution in [0, 0.1) is 5.82 Å². The van der Waals surface area contributed by atoms with Gasteiger partial charge in [-0.15, -0.1) is 0 Å². The molecule has 1 amide bonds. The van der Waals surface area contributed by atoms with Crippen molar-refractivity contribution in [3.63, 3.8) is 0 Å². The summed E-state index contributed by atoms with van der Waals surface area (Å²) < 4.78 is 26.9. The van der Waals surface area contributed by atoms with Crippen LogP contribution >= 0.6 is 0 Å². The van der Waals surface area contributed by atoms with Gasteiger partial charge in [-0.05, 0) is 31.0 Å². The molecule has 0 radical (unpaired) electrons. The average Bonchev–Trinajstić information content (AvgIpc) is 3.32. The van der Waals surface area contributed by atoms with Gasteiger partial charge in [-0.2, -0.15) is 0 Å². The summed E-state index contributed by atoms with van der Waals surface area (Å²) in [5.41, 5.74) is 2.33. The minimum absolute atomic E-state index is 0.00924. The molecule has 6 nitrogen and oxygen atoms in total. The van der Waals surface area contributed by atoms with Gasteiger partial charge in [0.05, 0.1) is 30.3 Å². The number of halogens is 1. The zero-order valence-corrected chi connectivity index (χ0v) is 18.1. The summed E-state index contributed by atoms with van der Waals surface area (Å²) in [5.74, 6) is -1.61. The van der Waals surface area contributed by atoms with Gasteiger partial charge in [-0.3, -0.25) is 14.6 Å². The maximum atomic E-state index is 14.2. The molecule has 2 unspecified atom stereocenters. The number of ether oxygens (including phenoxy) is 2. The molecule has 0 bridgehead atoms. The number of nitrogens with zero attached hydrogens (tertiary/aromatic N) is 3. The summed E-state index contributed by atoms with van der Waals surface area (Å²) >= 11 is 0. The second kappa shape index (κ2) is 7.83. The van der Waals surface area contributed by atoms with Crippen LogP contribution in [0.3, 0.4) is 0 Å². The number of benzene rings is 2. The number of fused-ring (bicyclic) bond motifs is 3. The van der Waals surface area contributed by atoms with Gasteiger partial charge in [0.2, 0.25) is 0 Å². The number of carbonyl (C=O) groups is 1. The fourth-order valence-electron chi connectivity index (χ4n) is 5.58. The lowest BCUT2D eigenvalue weighted by molar-refractivity contribution is -0.190. The third-order valence-corrected chi connectivity index (χ3v) is 7.26. The summed E-state index contributed by atoms with van der Waals surface area (Å²) in [7, 11) is 0. The monoisotopic (exact) mass is 437 g/mol. The largest absolute Gasteiger partial charge is 0.367 e. The standard InChI is InChI=1S/C25H28FN3O3/c26-19-8-2-4-10-21(19)28-15-13-27(14-16-28)17-29-20-9-3-1-7-18(20)25(24(29)30)31-22-11-5-6-12-23(22)32-25/h1-4,7-10,22-23H,5-6,11-17H2. The Balaban J connectivity index is 1.20. The Bertz CT molecular complexity index is 1010. The van der Waals surface area contributed by atoms with Crippen molar-refractivity contribution in [3.05, 3.63) is 59.9 Å². The highest BCUT2D eigenvalue weighted by Gasteiger charge is 2.61. The molecule has 2 aromatic rings. The molecule has 32 heavy (non-hydrogen) atoms. The van der Waals surface area contributed by atoms with Crippen molar-refractivity contribution in [3.8, 4) is 0 Å². The minimum atomic E-state index is -1.30. The van der Waals surface area contributed by atoms with E-state index in [1.807, 2.05) is 41.3 Å². The third kappa shape index (κ3) is 3.14. The van der Waals surface area contributed by atoms with Gasteiger partial charge in [0.1, 0.15) is 5.82 Å². The Kier molecular flexibility index (Phi) is 4.93. The SMILES string of the molecule is O=C1N(CN2CCN(c3ccccc3F)CC2)c2ccccc2C12OC1CCCCC1O2. The van der Waals surface area contributed by atoms with Crippen molar-refractivity contribution in [2.45, 2.75) is 43.7 Å². The van der Waals surface area contributed by atoms with Gasteiger partial charge < -0.3 is 14.4 Å². The highest BCUT2D eigenvalue weighted by atomic mass is 19.1. The molecule has 3 heterocycles.